The molecule has 0 saturated heterocycles. The molecule has 3 nitrogen and oxygen atoms in total. The Bertz CT molecular complexity index is 660. The van der Waals surface area contributed by atoms with Crippen molar-refractivity contribution in [3.63, 3.8) is 0 Å². The smallest absolute Gasteiger partial charge is 0.336 e. The molecule has 2 rings (SSSR count). The fourth-order valence-corrected chi connectivity index (χ4v) is 1.79. The van der Waals surface area contributed by atoms with Crippen LogP contribution in [-0.2, 0) is 0 Å². The molecule has 20 heavy (non-hydrogen) atoms. The van der Waals surface area contributed by atoms with Crippen molar-refractivity contribution in [2.24, 2.45) is 0 Å². The number of hydrogen-bond acceptors (Lipinski definition) is 2. The molecule has 2 aromatic carbocycles. The minimum atomic E-state index is -1.60. The van der Waals surface area contributed by atoms with Gasteiger partial charge in [-0.3, -0.25) is 0 Å². The average Bonchev–Trinajstić information content (AvgIpc) is 2.43. The maximum atomic E-state index is 13.2. The normalized spacial score (nSPS) is 10.4. The summed E-state index contributed by atoms with van der Waals surface area (Å²) in [6, 6.07) is 5.44. The fraction of sp³-hybridized carbons (Fsp3) is 0.0714. The minimum Gasteiger partial charge on any atom is -0.497 e. The molecule has 0 fully saturated rings. The SMILES string of the molecule is COc1ccc(C(=O)O)c(-c2cc(F)c(F)c(F)c2)c1. The molecule has 0 amide bonds. The third-order valence-corrected chi connectivity index (χ3v) is 2.75. The van der Waals surface area contributed by atoms with Gasteiger partial charge in [-0.1, -0.05) is 0 Å². The Morgan fingerprint density at radius 3 is 2.20 bits per heavy atom. The van der Waals surface area contributed by atoms with Crippen LogP contribution in [0.4, 0.5) is 13.2 Å². The Morgan fingerprint density at radius 2 is 1.70 bits per heavy atom. The number of rotatable bonds is 3. The van der Waals surface area contributed by atoms with E-state index in [9.17, 15) is 18.0 Å². The highest BCUT2D eigenvalue weighted by atomic mass is 19.2. The van der Waals surface area contributed by atoms with Crippen LogP contribution in [0.3, 0.4) is 0 Å². The van der Waals surface area contributed by atoms with E-state index in [0.29, 0.717) is 5.75 Å². The van der Waals surface area contributed by atoms with Crippen molar-refractivity contribution in [1.82, 2.24) is 0 Å². The standard InChI is InChI=1S/C14H9F3O3/c1-20-8-2-3-9(14(18)19)10(6-8)7-4-11(15)13(17)12(16)5-7/h2-6H,1H3,(H,18,19). The van der Waals surface area contributed by atoms with Gasteiger partial charge in [-0.15, -0.1) is 0 Å². The van der Waals surface area contributed by atoms with Crippen molar-refractivity contribution >= 4 is 5.97 Å². The Balaban J connectivity index is 2.70. The molecule has 0 aliphatic rings. The summed E-state index contributed by atoms with van der Waals surface area (Å²) < 4.78 is 44.4. The molecular formula is C14H9F3O3. The van der Waals surface area contributed by atoms with Crippen LogP contribution in [0.2, 0.25) is 0 Å². The maximum absolute atomic E-state index is 13.2. The largest absolute Gasteiger partial charge is 0.497 e. The fourth-order valence-electron chi connectivity index (χ4n) is 1.79. The third-order valence-electron chi connectivity index (χ3n) is 2.75. The van der Waals surface area contributed by atoms with Crippen molar-refractivity contribution < 1.29 is 27.8 Å². The topological polar surface area (TPSA) is 46.5 Å². The number of benzene rings is 2. The van der Waals surface area contributed by atoms with Gasteiger partial charge in [0.05, 0.1) is 12.7 Å². The van der Waals surface area contributed by atoms with Gasteiger partial charge in [0.2, 0.25) is 0 Å². The van der Waals surface area contributed by atoms with E-state index in [1.54, 1.807) is 0 Å². The first-order valence-corrected chi connectivity index (χ1v) is 5.50. The summed E-state index contributed by atoms with van der Waals surface area (Å²) >= 11 is 0. The number of aromatic carboxylic acids is 1. The molecule has 0 unspecified atom stereocenters. The van der Waals surface area contributed by atoms with E-state index in [-0.39, 0.29) is 16.7 Å². The lowest BCUT2D eigenvalue weighted by Gasteiger charge is -2.09. The maximum Gasteiger partial charge on any atom is 0.336 e. The zero-order valence-corrected chi connectivity index (χ0v) is 10.3. The summed E-state index contributed by atoms with van der Waals surface area (Å²) in [5.74, 6) is -5.34. The van der Waals surface area contributed by atoms with E-state index in [0.717, 1.165) is 12.1 Å². The van der Waals surface area contributed by atoms with Crippen LogP contribution in [0.25, 0.3) is 11.1 Å². The van der Waals surface area contributed by atoms with Gasteiger partial charge in [0.25, 0.3) is 0 Å². The zero-order chi connectivity index (χ0) is 14.9. The van der Waals surface area contributed by atoms with Crippen LogP contribution in [0.15, 0.2) is 30.3 Å². The van der Waals surface area contributed by atoms with Gasteiger partial charge in [-0.05, 0) is 35.9 Å². The lowest BCUT2D eigenvalue weighted by Crippen LogP contribution is -2.01. The van der Waals surface area contributed by atoms with Crippen molar-refractivity contribution in [1.29, 1.82) is 0 Å². The second kappa shape index (κ2) is 5.24. The van der Waals surface area contributed by atoms with E-state index in [2.05, 4.69) is 0 Å². The zero-order valence-electron chi connectivity index (χ0n) is 10.3. The summed E-state index contributed by atoms with van der Waals surface area (Å²) in [5.41, 5.74) is -0.219. The summed E-state index contributed by atoms with van der Waals surface area (Å²) in [6.45, 7) is 0. The molecule has 0 spiro atoms. The Morgan fingerprint density at radius 1 is 1.10 bits per heavy atom. The number of hydrogen-bond donors (Lipinski definition) is 1. The molecule has 0 bridgehead atoms. The van der Waals surface area contributed by atoms with E-state index >= 15 is 0 Å². The van der Waals surface area contributed by atoms with Gasteiger partial charge in [0, 0.05) is 5.56 Å². The monoisotopic (exact) mass is 282 g/mol. The molecule has 104 valence electrons. The summed E-state index contributed by atoms with van der Waals surface area (Å²) in [4.78, 5) is 11.1. The quantitative estimate of drug-likeness (QED) is 0.877. The first-order chi connectivity index (χ1) is 9.43. The highest BCUT2D eigenvalue weighted by Gasteiger charge is 2.17. The van der Waals surface area contributed by atoms with E-state index in [1.165, 1.54) is 25.3 Å². The predicted octanol–water partition coefficient (Wildman–Crippen LogP) is 3.48. The number of methoxy groups -OCH3 is 1. The lowest BCUT2D eigenvalue weighted by molar-refractivity contribution is 0.0697. The molecule has 1 N–H and O–H groups in total. The summed E-state index contributed by atoms with van der Waals surface area (Å²) in [6.07, 6.45) is 0. The third kappa shape index (κ3) is 2.45. The number of halogens is 3. The molecule has 6 heteroatoms. The van der Waals surface area contributed by atoms with Gasteiger partial charge < -0.3 is 9.84 Å². The van der Waals surface area contributed by atoms with Gasteiger partial charge in [-0.25, -0.2) is 18.0 Å². The highest BCUT2D eigenvalue weighted by molar-refractivity contribution is 5.96. The number of ether oxygens (including phenoxy) is 1. The second-order valence-electron chi connectivity index (χ2n) is 3.97. The molecule has 0 atom stereocenters. The first-order valence-electron chi connectivity index (χ1n) is 5.50. The molecular weight excluding hydrogens is 273 g/mol. The lowest BCUT2D eigenvalue weighted by atomic mass is 9.99. The molecule has 0 heterocycles. The average molecular weight is 282 g/mol. The van der Waals surface area contributed by atoms with Gasteiger partial charge in [-0.2, -0.15) is 0 Å². The minimum absolute atomic E-state index is 0.0367. The number of carbonyl (C=O) groups is 1. The molecule has 0 radical (unpaired) electrons. The number of carboxylic acids is 1. The molecule has 0 saturated carbocycles. The van der Waals surface area contributed by atoms with Crippen molar-refractivity contribution in [3.8, 4) is 16.9 Å². The van der Waals surface area contributed by atoms with Gasteiger partial charge >= 0.3 is 5.97 Å². The Hall–Kier alpha value is -2.50. The van der Waals surface area contributed by atoms with Gasteiger partial charge in [0.15, 0.2) is 17.5 Å². The second-order valence-corrected chi connectivity index (χ2v) is 3.97. The molecule has 0 aliphatic heterocycles. The Labute approximate surface area is 112 Å². The van der Waals surface area contributed by atoms with Crippen LogP contribution in [0.1, 0.15) is 10.4 Å². The van der Waals surface area contributed by atoms with E-state index < -0.39 is 23.4 Å². The highest BCUT2D eigenvalue weighted by Crippen LogP contribution is 2.30. The van der Waals surface area contributed by atoms with Crippen LogP contribution in [0, 0.1) is 17.5 Å². The van der Waals surface area contributed by atoms with Crippen molar-refractivity contribution in [3.05, 3.63) is 53.3 Å². The summed E-state index contributed by atoms with van der Waals surface area (Å²) in [5, 5.41) is 9.08. The summed E-state index contributed by atoms with van der Waals surface area (Å²) in [7, 11) is 1.37. The van der Waals surface area contributed by atoms with Crippen molar-refractivity contribution in [2.45, 2.75) is 0 Å². The van der Waals surface area contributed by atoms with Crippen LogP contribution in [-0.4, -0.2) is 18.2 Å². The first kappa shape index (κ1) is 13.9. The molecule has 2 aromatic rings. The number of carboxylic acid groups (broad SMARTS) is 1. The van der Waals surface area contributed by atoms with Crippen molar-refractivity contribution in [2.75, 3.05) is 7.11 Å². The predicted molar refractivity (Wildman–Crippen MR) is 65.3 cm³/mol. The Kier molecular flexibility index (Phi) is 3.65. The van der Waals surface area contributed by atoms with E-state index in [4.69, 9.17) is 9.84 Å². The molecule has 0 aliphatic carbocycles. The van der Waals surface area contributed by atoms with Gasteiger partial charge in [0.1, 0.15) is 5.75 Å². The van der Waals surface area contributed by atoms with Crippen LogP contribution < -0.4 is 4.74 Å². The van der Waals surface area contributed by atoms with E-state index in [1.807, 2.05) is 0 Å². The molecule has 0 aromatic heterocycles. The van der Waals surface area contributed by atoms with Crippen LogP contribution >= 0.6 is 0 Å². The van der Waals surface area contributed by atoms with Crippen LogP contribution in [0.5, 0.6) is 5.75 Å².